The smallest absolute Gasteiger partial charge is 0.322 e. The van der Waals surface area contributed by atoms with E-state index in [0.717, 1.165) is 12.1 Å². The number of rotatable bonds is 4. The SMILES string of the molecule is O=C(O)CCC1(c2ccc(F)cc2)NC(=O)NC1=O. The van der Waals surface area contributed by atoms with Crippen molar-refractivity contribution in [1.29, 1.82) is 0 Å². The summed E-state index contributed by atoms with van der Waals surface area (Å²) in [6.07, 6.45) is -0.406. The number of aliphatic carboxylic acids is 1. The van der Waals surface area contributed by atoms with Gasteiger partial charge in [-0.15, -0.1) is 0 Å². The van der Waals surface area contributed by atoms with Crippen LogP contribution >= 0.6 is 0 Å². The number of halogens is 1. The molecular formula is C12H11FN2O4. The van der Waals surface area contributed by atoms with Crippen LogP contribution in [0.2, 0.25) is 0 Å². The quantitative estimate of drug-likeness (QED) is 0.700. The van der Waals surface area contributed by atoms with Gasteiger partial charge in [-0.25, -0.2) is 9.18 Å². The summed E-state index contributed by atoms with van der Waals surface area (Å²) >= 11 is 0. The molecule has 1 aromatic rings. The molecule has 0 aromatic heterocycles. The van der Waals surface area contributed by atoms with Gasteiger partial charge >= 0.3 is 12.0 Å². The molecular weight excluding hydrogens is 255 g/mol. The molecule has 3 N–H and O–H groups in total. The molecule has 1 aromatic carbocycles. The largest absolute Gasteiger partial charge is 0.481 e. The first-order valence-corrected chi connectivity index (χ1v) is 5.55. The summed E-state index contributed by atoms with van der Waals surface area (Å²) in [7, 11) is 0. The normalized spacial score (nSPS) is 21.9. The highest BCUT2D eigenvalue weighted by molar-refractivity contribution is 6.07. The second-order valence-electron chi connectivity index (χ2n) is 4.21. The maximum absolute atomic E-state index is 12.9. The second kappa shape index (κ2) is 4.68. The Kier molecular flexibility index (Phi) is 3.20. The molecule has 19 heavy (non-hydrogen) atoms. The van der Waals surface area contributed by atoms with Crippen molar-refractivity contribution in [2.75, 3.05) is 0 Å². The monoisotopic (exact) mass is 266 g/mol. The first-order chi connectivity index (χ1) is 8.94. The van der Waals surface area contributed by atoms with E-state index in [1.54, 1.807) is 0 Å². The number of nitrogens with one attached hydrogen (secondary N) is 2. The molecule has 0 bridgehead atoms. The van der Waals surface area contributed by atoms with Gasteiger partial charge in [0.1, 0.15) is 11.4 Å². The fourth-order valence-corrected chi connectivity index (χ4v) is 2.04. The van der Waals surface area contributed by atoms with Crippen molar-refractivity contribution in [3.8, 4) is 0 Å². The Morgan fingerprint density at radius 3 is 2.37 bits per heavy atom. The highest BCUT2D eigenvalue weighted by Gasteiger charge is 2.47. The molecule has 1 fully saturated rings. The van der Waals surface area contributed by atoms with Gasteiger partial charge in [-0.2, -0.15) is 0 Å². The van der Waals surface area contributed by atoms with Crippen LogP contribution in [0.5, 0.6) is 0 Å². The van der Waals surface area contributed by atoms with E-state index in [4.69, 9.17) is 5.11 Å². The zero-order chi connectivity index (χ0) is 14.0. The van der Waals surface area contributed by atoms with Gasteiger partial charge in [0.15, 0.2) is 0 Å². The topological polar surface area (TPSA) is 95.5 Å². The Hall–Kier alpha value is -2.44. The Morgan fingerprint density at radius 1 is 1.26 bits per heavy atom. The number of benzene rings is 1. The van der Waals surface area contributed by atoms with E-state index in [9.17, 15) is 18.8 Å². The molecule has 0 spiro atoms. The van der Waals surface area contributed by atoms with Gasteiger partial charge in [-0.3, -0.25) is 14.9 Å². The number of carbonyl (C=O) groups is 3. The number of urea groups is 1. The summed E-state index contributed by atoms with van der Waals surface area (Å²) < 4.78 is 12.9. The van der Waals surface area contributed by atoms with Gasteiger partial charge in [0.25, 0.3) is 5.91 Å². The number of hydrogen-bond acceptors (Lipinski definition) is 3. The molecule has 3 amide bonds. The molecule has 0 saturated carbocycles. The number of imide groups is 1. The minimum atomic E-state index is -1.46. The first-order valence-electron chi connectivity index (χ1n) is 5.55. The maximum atomic E-state index is 12.9. The lowest BCUT2D eigenvalue weighted by molar-refractivity contribution is -0.137. The third-order valence-corrected chi connectivity index (χ3v) is 2.99. The number of carbonyl (C=O) groups excluding carboxylic acids is 2. The Labute approximate surface area is 107 Å². The van der Waals surface area contributed by atoms with Gasteiger partial charge in [0.2, 0.25) is 0 Å². The van der Waals surface area contributed by atoms with Crippen molar-refractivity contribution >= 4 is 17.9 Å². The average Bonchev–Trinajstić information content (AvgIpc) is 2.63. The molecule has 1 aliphatic rings. The van der Waals surface area contributed by atoms with E-state index in [1.165, 1.54) is 12.1 Å². The minimum absolute atomic E-state index is 0.106. The minimum Gasteiger partial charge on any atom is -0.481 e. The molecule has 0 radical (unpaired) electrons. The van der Waals surface area contributed by atoms with Crippen LogP contribution in [0.25, 0.3) is 0 Å². The molecule has 1 saturated heterocycles. The van der Waals surface area contributed by atoms with Crippen LogP contribution in [0.1, 0.15) is 18.4 Å². The van der Waals surface area contributed by atoms with Gasteiger partial charge in [-0.1, -0.05) is 12.1 Å². The molecule has 2 rings (SSSR count). The lowest BCUT2D eigenvalue weighted by Gasteiger charge is -2.25. The van der Waals surface area contributed by atoms with Gasteiger partial charge in [-0.05, 0) is 24.1 Å². The zero-order valence-electron chi connectivity index (χ0n) is 9.77. The van der Waals surface area contributed by atoms with Gasteiger partial charge in [0.05, 0.1) is 0 Å². The zero-order valence-corrected chi connectivity index (χ0v) is 9.77. The molecule has 6 nitrogen and oxygen atoms in total. The summed E-state index contributed by atoms with van der Waals surface area (Å²) in [5.41, 5.74) is -1.11. The van der Waals surface area contributed by atoms with E-state index in [-0.39, 0.29) is 12.8 Å². The predicted octanol–water partition coefficient (Wildman–Crippen LogP) is 0.725. The summed E-state index contributed by atoms with van der Waals surface area (Å²) in [5.74, 6) is -2.21. The van der Waals surface area contributed by atoms with Crippen molar-refractivity contribution in [1.82, 2.24) is 10.6 Å². The Morgan fingerprint density at radius 2 is 1.89 bits per heavy atom. The maximum Gasteiger partial charge on any atom is 0.322 e. The standard InChI is InChI=1S/C12H11FN2O4/c13-8-3-1-7(2-4-8)12(6-5-9(16)17)10(18)14-11(19)15-12/h1-4H,5-6H2,(H,16,17)(H2,14,15,18,19). The number of carboxylic acid groups (broad SMARTS) is 1. The Balaban J connectivity index is 2.39. The number of carboxylic acids is 1. The van der Waals surface area contributed by atoms with Gasteiger partial charge < -0.3 is 10.4 Å². The lowest BCUT2D eigenvalue weighted by atomic mass is 9.85. The van der Waals surface area contributed by atoms with Crippen LogP contribution in [-0.2, 0) is 15.1 Å². The van der Waals surface area contributed by atoms with Crippen molar-refractivity contribution in [3.05, 3.63) is 35.6 Å². The van der Waals surface area contributed by atoms with Crippen LogP contribution in [0, 0.1) is 5.82 Å². The highest BCUT2D eigenvalue weighted by atomic mass is 19.1. The fraction of sp³-hybridized carbons (Fsp3) is 0.250. The first kappa shape index (κ1) is 13.0. The molecule has 100 valence electrons. The number of amides is 3. The molecule has 1 atom stereocenters. The van der Waals surface area contributed by atoms with Crippen LogP contribution in [0.4, 0.5) is 9.18 Å². The van der Waals surface area contributed by atoms with E-state index in [0.29, 0.717) is 5.56 Å². The highest BCUT2D eigenvalue weighted by Crippen LogP contribution is 2.30. The third kappa shape index (κ3) is 2.40. The predicted molar refractivity (Wildman–Crippen MR) is 61.6 cm³/mol. The van der Waals surface area contributed by atoms with Gasteiger partial charge in [0, 0.05) is 6.42 Å². The van der Waals surface area contributed by atoms with E-state index < -0.39 is 29.3 Å². The third-order valence-electron chi connectivity index (χ3n) is 2.99. The van der Waals surface area contributed by atoms with E-state index in [2.05, 4.69) is 10.6 Å². The molecule has 1 aliphatic heterocycles. The van der Waals surface area contributed by atoms with Crippen LogP contribution in [0.15, 0.2) is 24.3 Å². The molecule has 0 aliphatic carbocycles. The van der Waals surface area contributed by atoms with E-state index in [1.807, 2.05) is 0 Å². The fourth-order valence-electron chi connectivity index (χ4n) is 2.04. The summed E-state index contributed by atoms with van der Waals surface area (Å²) in [6, 6.07) is 4.30. The van der Waals surface area contributed by atoms with Crippen LogP contribution < -0.4 is 10.6 Å². The molecule has 1 heterocycles. The Bertz CT molecular complexity index is 543. The molecule has 1 unspecified atom stereocenters. The van der Waals surface area contributed by atoms with Crippen molar-refractivity contribution in [2.45, 2.75) is 18.4 Å². The number of hydrogen-bond donors (Lipinski definition) is 3. The molecule has 7 heteroatoms. The van der Waals surface area contributed by atoms with E-state index >= 15 is 0 Å². The van der Waals surface area contributed by atoms with Crippen molar-refractivity contribution in [3.63, 3.8) is 0 Å². The lowest BCUT2D eigenvalue weighted by Crippen LogP contribution is -2.44. The van der Waals surface area contributed by atoms with Crippen LogP contribution in [-0.4, -0.2) is 23.0 Å². The average molecular weight is 266 g/mol. The van der Waals surface area contributed by atoms with Crippen molar-refractivity contribution < 1.29 is 23.9 Å². The summed E-state index contributed by atoms with van der Waals surface area (Å²) in [4.78, 5) is 33.9. The second-order valence-corrected chi connectivity index (χ2v) is 4.21. The van der Waals surface area contributed by atoms with Crippen LogP contribution in [0.3, 0.4) is 0 Å². The van der Waals surface area contributed by atoms with Crippen molar-refractivity contribution in [2.24, 2.45) is 0 Å². The summed E-state index contributed by atoms with van der Waals surface area (Å²) in [5, 5.41) is 13.2. The summed E-state index contributed by atoms with van der Waals surface area (Å²) in [6.45, 7) is 0.